The number of hydrogen-bond donors (Lipinski definition) is 3. The van der Waals surface area contributed by atoms with Crippen molar-refractivity contribution in [2.75, 3.05) is 23.0 Å². The molecule has 0 aliphatic rings. The minimum absolute atomic E-state index is 0.178. The number of nitrogens with two attached hydrogens (primary N) is 1. The number of halogens is 1. The fourth-order valence-corrected chi connectivity index (χ4v) is 2.61. The van der Waals surface area contributed by atoms with E-state index in [0.29, 0.717) is 11.5 Å². The number of pyridine rings is 1. The molecular weight excluding hydrogens is 328 g/mol. The fourth-order valence-electron chi connectivity index (χ4n) is 2.26. The summed E-state index contributed by atoms with van der Waals surface area (Å²) in [6.07, 6.45) is -0.572. The number of nitrogens with zero attached hydrogens (tertiary/aromatic N) is 1. The maximum absolute atomic E-state index is 11.4. The van der Waals surface area contributed by atoms with Gasteiger partial charge in [-0.05, 0) is 44.0 Å². The number of carbonyl (C=O) groups is 1. The van der Waals surface area contributed by atoms with Crippen LogP contribution < -0.4 is 16.4 Å². The Morgan fingerprint density at radius 1 is 1.33 bits per heavy atom. The van der Waals surface area contributed by atoms with Gasteiger partial charge in [-0.3, -0.25) is 5.32 Å². The number of rotatable bonds is 5. The van der Waals surface area contributed by atoms with E-state index in [9.17, 15) is 4.79 Å². The van der Waals surface area contributed by atoms with Gasteiger partial charge in [0.05, 0.1) is 12.3 Å². The Bertz CT molecular complexity index is 737. The predicted molar refractivity (Wildman–Crippen MR) is 97.4 cm³/mol. The maximum Gasteiger partial charge on any atom is 0.411 e. The predicted octanol–water partition coefficient (Wildman–Crippen LogP) is 4.20. The summed E-state index contributed by atoms with van der Waals surface area (Å²) in [5.41, 5.74) is 9.05. The fraction of sp³-hybridized carbons (Fsp3) is 0.294. The van der Waals surface area contributed by atoms with Gasteiger partial charge in [0.2, 0.25) is 0 Å². The number of aromatic nitrogens is 1. The van der Waals surface area contributed by atoms with Crippen LogP contribution in [0.1, 0.15) is 29.1 Å². The molecule has 24 heavy (non-hydrogen) atoms. The summed E-state index contributed by atoms with van der Waals surface area (Å²) in [6.45, 7) is 6.04. The number of aryl methyl sites for hydroxylation is 2. The minimum Gasteiger partial charge on any atom is -0.450 e. The van der Waals surface area contributed by atoms with Crippen LogP contribution in [0.3, 0.4) is 0 Å². The number of nitrogen functional groups attached to an aromatic ring is 1. The Labute approximate surface area is 146 Å². The molecule has 0 radical (unpaired) electrons. The highest BCUT2D eigenvalue weighted by atomic mass is 35.5. The summed E-state index contributed by atoms with van der Waals surface area (Å²) in [5.74, 6) is 0.694. The molecule has 1 aromatic heterocycles. The smallest absolute Gasteiger partial charge is 0.411 e. The highest BCUT2D eigenvalue weighted by Gasteiger charge is 2.13. The first kappa shape index (κ1) is 17.9. The highest BCUT2D eigenvalue weighted by Crippen LogP contribution is 2.27. The Kier molecular flexibility index (Phi) is 5.87. The van der Waals surface area contributed by atoms with Crippen LogP contribution in [0.4, 0.5) is 22.1 Å². The van der Waals surface area contributed by atoms with E-state index in [-0.39, 0.29) is 12.4 Å². The van der Waals surface area contributed by atoms with Crippen molar-refractivity contribution in [2.24, 2.45) is 0 Å². The summed E-state index contributed by atoms with van der Waals surface area (Å²) < 4.78 is 4.81. The van der Waals surface area contributed by atoms with Crippen LogP contribution in [0.15, 0.2) is 30.3 Å². The van der Waals surface area contributed by atoms with Crippen molar-refractivity contribution >= 4 is 35.0 Å². The quantitative estimate of drug-likeness (QED) is 0.556. The molecule has 128 valence electrons. The van der Waals surface area contributed by atoms with Crippen molar-refractivity contribution in [3.05, 3.63) is 47.0 Å². The zero-order chi connectivity index (χ0) is 17.7. The molecule has 4 N–H and O–H groups in total. The van der Waals surface area contributed by atoms with Gasteiger partial charge in [0.1, 0.15) is 17.1 Å². The van der Waals surface area contributed by atoms with E-state index in [1.165, 1.54) is 5.56 Å². The molecule has 0 aliphatic carbocycles. The van der Waals surface area contributed by atoms with Crippen molar-refractivity contribution in [1.82, 2.24) is 4.98 Å². The molecule has 6 nitrogen and oxygen atoms in total. The Balaban J connectivity index is 2.10. The zero-order valence-electron chi connectivity index (χ0n) is 13.9. The SMILES string of the molecule is CCOC(=O)Nc1ccc(NC(Cl)c2ccc(C)cc2C)nc1N. The van der Waals surface area contributed by atoms with E-state index in [2.05, 4.69) is 21.7 Å². The summed E-state index contributed by atoms with van der Waals surface area (Å²) >= 11 is 6.43. The van der Waals surface area contributed by atoms with Gasteiger partial charge in [-0.2, -0.15) is 0 Å². The van der Waals surface area contributed by atoms with Gasteiger partial charge < -0.3 is 15.8 Å². The van der Waals surface area contributed by atoms with Gasteiger partial charge in [0.25, 0.3) is 0 Å². The van der Waals surface area contributed by atoms with E-state index in [1.807, 2.05) is 26.0 Å². The van der Waals surface area contributed by atoms with Crippen LogP contribution in [0.5, 0.6) is 0 Å². The third kappa shape index (κ3) is 4.52. The average molecular weight is 349 g/mol. The Hall–Kier alpha value is -2.47. The van der Waals surface area contributed by atoms with E-state index in [1.54, 1.807) is 19.1 Å². The second kappa shape index (κ2) is 7.88. The lowest BCUT2D eigenvalue weighted by Gasteiger charge is -2.16. The number of hydrogen-bond acceptors (Lipinski definition) is 5. The Morgan fingerprint density at radius 2 is 2.08 bits per heavy atom. The van der Waals surface area contributed by atoms with Crippen molar-refractivity contribution in [1.29, 1.82) is 0 Å². The number of benzene rings is 1. The zero-order valence-corrected chi connectivity index (χ0v) is 14.6. The molecular formula is C17H21ClN4O2. The van der Waals surface area contributed by atoms with Gasteiger partial charge in [-0.25, -0.2) is 9.78 Å². The lowest BCUT2D eigenvalue weighted by molar-refractivity contribution is 0.168. The number of carbonyl (C=O) groups excluding carboxylic acids is 1. The first-order valence-electron chi connectivity index (χ1n) is 7.58. The first-order chi connectivity index (χ1) is 11.4. The van der Waals surface area contributed by atoms with Crippen molar-refractivity contribution in [3.63, 3.8) is 0 Å². The topological polar surface area (TPSA) is 89.3 Å². The van der Waals surface area contributed by atoms with Gasteiger partial charge >= 0.3 is 6.09 Å². The largest absolute Gasteiger partial charge is 0.450 e. The third-order valence-electron chi connectivity index (χ3n) is 3.41. The number of ether oxygens (including phenoxy) is 1. The number of amides is 1. The summed E-state index contributed by atoms with van der Waals surface area (Å²) in [6, 6.07) is 9.40. The molecule has 1 unspecified atom stereocenters. The molecule has 1 amide bonds. The number of alkyl halides is 1. The van der Waals surface area contributed by atoms with Crippen molar-refractivity contribution in [3.8, 4) is 0 Å². The van der Waals surface area contributed by atoms with Crippen LogP contribution in [0, 0.1) is 13.8 Å². The van der Waals surface area contributed by atoms with Gasteiger partial charge in [-0.15, -0.1) is 0 Å². The maximum atomic E-state index is 11.4. The molecule has 1 heterocycles. The Morgan fingerprint density at radius 3 is 2.71 bits per heavy atom. The van der Waals surface area contributed by atoms with E-state index in [4.69, 9.17) is 22.1 Å². The standard InChI is InChI=1S/C17H21ClN4O2/c1-4-24-17(23)20-13-7-8-14(22-16(13)19)21-15(18)12-6-5-10(2)9-11(12)3/h5-9,15H,4H2,1-3H3,(H,20,23)(H3,19,21,22). The normalized spacial score (nSPS) is 11.7. The molecule has 1 aromatic carbocycles. The average Bonchev–Trinajstić information content (AvgIpc) is 2.50. The van der Waals surface area contributed by atoms with Crippen LogP contribution in [0.2, 0.25) is 0 Å². The van der Waals surface area contributed by atoms with Crippen molar-refractivity contribution in [2.45, 2.75) is 26.3 Å². The second-order valence-electron chi connectivity index (χ2n) is 5.34. The third-order valence-corrected chi connectivity index (χ3v) is 3.75. The lowest BCUT2D eigenvalue weighted by atomic mass is 10.1. The summed E-state index contributed by atoms with van der Waals surface area (Å²) in [5, 5.41) is 5.62. The molecule has 0 bridgehead atoms. The van der Waals surface area contributed by atoms with E-state index in [0.717, 1.165) is 11.1 Å². The number of nitrogens with one attached hydrogen (secondary N) is 2. The van der Waals surface area contributed by atoms with Crippen LogP contribution in [0.25, 0.3) is 0 Å². The number of anilines is 3. The molecule has 0 fully saturated rings. The van der Waals surface area contributed by atoms with Crippen molar-refractivity contribution < 1.29 is 9.53 Å². The molecule has 0 spiro atoms. The second-order valence-corrected chi connectivity index (χ2v) is 5.78. The monoisotopic (exact) mass is 348 g/mol. The summed E-state index contributed by atoms with van der Waals surface area (Å²) in [7, 11) is 0. The molecule has 0 aliphatic heterocycles. The van der Waals surface area contributed by atoms with Gasteiger partial charge in [0, 0.05) is 0 Å². The van der Waals surface area contributed by atoms with E-state index >= 15 is 0 Å². The van der Waals surface area contributed by atoms with Gasteiger partial charge in [0.15, 0.2) is 0 Å². The molecule has 0 saturated carbocycles. The summed E-state index contributed by atoms with van der Waals surface area (Å²) in [4.78, 5) is 15.6. The molecule has 1 atom stereocenters. The van der Waals surface area contributed by atoms with Crippen LogP contribution in [-0.4, -0.2) is 17.7 Å². The van der Waals surface area contributed by atoms with Gasteiger partial charge in [-0.1, -0.05) is 35.4 Å². The lowest BCUT2D eigenvalue weighted by Crippen LogP contribution is -2.15. The molecule has 2 aromatic rings. The molecule has 0 saturated heterocycles. The minimum atomic E-state index is -0.572. The van der Waals surface area contributed by atoms with Crippen LogP contribution in [-0.2, 0) is 4.74 Å². The molecule has 2 rings (SSSR count). The molecule has 7 heteroatoms. The first-order valence-corrected chi connectivity index (χ1v) is 8.02. The highest BCUT2D eigenvalue weighted by molar-refractivity contribution is 6.21. The van der Waals surface area contributed by atoms with Crippen LogP contribution >= 0.6 is 11.6 Å². The van der Waals surface area contributed by atoms with E-state index < -0.39 is 11.6 Å².